The summed E-state index contributed by atoms with van der Waals surface area (Å²) in [6.45, 7) is 1.98. The number of anilines is 2. The average Bonchev–Trinajstić information content (AvgIpc) is 3.17. The molecule has 0 saturated carbocycles. The fourth-order valence-electron chi connectivity index (χ4n) is 4.60. The van der Waals surface area contributed by atoms with E-state index >= 15 is 0 Å². The van der Waals surface area contributed by atoms with Crippen molar-refractivity contribution >= 4 is 17.3 Å². The number of carbonyl (C=O) groups excluding carboxylic acids is 1. The van der Waals surface area contributed by atoms with E-state index in [9.17, 15) is 4.79 Å². The van der Waals surface area contributed by atoms with Crippen molar-refractivity contribution in [3.05, 3.63) is 83.4 Å². The predicted octanol–water partition coefficient (Wildman–Crippen LogP) is 5.13. The third-order valence-electron chi connectivity index (χ3n) is 6.32. The second kappa shape index (κ2) is 7.96. The molecule has 1 heterocycles. The topological polar surface area (TPSA) is 41.6 Å². The lowest BCUT2D eigenvalue weighted by molar-refractivity contribution is 0.0819. The number of ether oxygens (including phenoxy) is 1. The summed E-state index contributed by atoms with van der Waals surface area (Å²) in [5, 5.41) is 3.06. The highest BCUT2D eigenvalue weighted by Gasteiger charge is 2.20. The van der Waals surface area contributed by atoms with Crippen molar-refractivity contribution in [3.63, 3.8) is 0 Å². The Hall–Kier alpha value is -3.11. The number of piperidine rings is 1. The van der Waals surface area contributed by atoms with Gasteiger partial charge in [0.05, 0.1) is 6.10 Å². The van der Waals surface area contributed by atoms with Crippen molar-refractivity contribution in [2.75, 3.05) is 30.4 Å². The van der Waals surface area contributed by atoms with Gasteiger partial charge in [-0.25, -0.2) is 0 Å². The Bertz CT molecular complexity index is 1070. The van der Waals surface area contributed by atoms with E-state index in [0.29, 0.717) is 11.7 Å². The maximum atomic E-state index is 12.8. The number of amides is 1. The van der Waals surface area contributed by atoms with Crippen molar-refractivity contribution in [1.29, 1.82) is 0 Å². The third kappa shape index (κ3) is 3.59. The lowest BCUT2D eigenvalue weighted by atomic mass is 10.1. The number of hydrogen-bond donors (Lipinski definition) is 1. The molecule has 1 fully saturated rings. The maximum absolute atomic E-state index is 12.8. The van der Waals surface area contributed by atoms with Gasteiger partial charge in [0, 0.05) is 37.1 Å². The van der Waals surface area contributed by atoms with Crippen LogP contribution >= 0.6 is 0 Å². The number of nitrogens with zero attached hydrogens (tertiary/aromatic N) is 1. The molecule has 0 atom stereocenters. The molecule has 3 aromatic carbocycles. The molecule has 0 aromatic heterocycles. The molecule has 1 aliphatic carbocycles. The lowest BCUT2D eigenvalue weighted by Gasteiger charge is -2.33. The molecule has 0 radical (unpaired) electrons. The Morgan fingerprint density at radius 2 is 1.67 bits per heavy atom. The summed E-state index contributed by atoms with van der Waals surface area (Å²) >= 11 is 0. The first kappa shape index (κ1) is 18.9. The second-order valence-corrected chi connectivity index (χ2v) is 8.13. The number of nitrogens with one attached hydrogen (secondary N) is 1. The molecule has 0 spiro atoms. The van der Waals surface area contributed by atoms with E-state index in [0.717, 1.165) is 43.7 Å². The SMILES string of the molecule is COC1CCN(c2ccc(C(=O)Nc3ccc4c(c3)Cc3ccccc3-4)cc2)CC1. The minimum atomic E-state index is -0.0740. The smallest absolute Gasteiger partial charge is 0.255 e. The maximum Gasteiger partial charge on any atom is 0.255 e. The minimum Gasteiger partial charge on any atom is -0.381 e. The van der Waals surface area contributed by atoms with Crippen molar-refractivity contribution < 1.29 is 9.53 Å². The molecule has 1 N–H and O–H groups in total. The van der Waals surface area contributed by atoms with E-state index in [1.54, 1.807) is 7.11 Å². The average molecular weight is 399 g/mol. The van der Waals surface area contributed by atoms with Gasteiger partial charge in [0.25, 0.3) is 5.91 Å². The fraction of sp³-hybridized carbons (Fsp3) is 0.269. The van der Waals surface area contributed by atoms with Crippen LogP contribution in [0, 0.1) is 0 Å². The number of rotatable bonds is 4. The molecule has 0 unspecified atom stereocenters. The van der Waals surface area contributed by atoms with E-state index in [1.807, 2.05) is 30.3 Å². The Labute approximate surface area is 177 Å². The first-order valence-electron chi connectivity index (χ1n) is 10.6. The molecular weight excluding hydrogens is 372 g/mol. The summed E-state index contributed by atoms with van der Waals surface area (Å²) < 4.78 is 5.45. The second-order valence-electron chi connectivity index (χ2n) is 8.13. The number of hydrogen-bond acceptors (Lipinski definition) is 3. The Kier molecular flexibility index (Phi) is 5.01. The van der Waals surface area contributed by atoms with Crippen LogP contribution in [0.4, 0.5) is 11.4 Å². The van der Waals surface area contributed by atoms with Gasteiger partial charge in [0.2, 0.25) is 0 Å². The quantitative estimate of drug-likeness (QED) is 0.518. The fourth-order valence-corrected chi connectivity index (χ4v) is 4.60. The van der Waals surface area contributed by atoms with Crippen LogP contribution < -0.4 is 10.2 Å². The zero-order valence-corrected chi connectivity index (χ0v) is 17.2. The van der Waals surface area contributed by atoms with Crippen LogP contribution in [0.2, 0.25) is 0 Å². The largest absolute Gasteiger partial charge is 0.381 e. The lowest BCUT2D eigenvalue weighted by Crippen LogP contribution is -2.36. The molecule has 0 bridgehead atoms. The van der Waals surface area contributed by atoms with Crippen LogP contribution in [-0.4, -0.2) is 32.2 Å². The monoisotopic (exact) mass is 398 g/mol. The van der Waals surface area contributed by atoms with Gasteiger partial charge in [-0.2, -0.15) is 0 Å². The standard InChI is InChI=1S/C26H26N2O2/c1-30-23-12-14-28(15-13-23)22-9-6-18(7-10-22)26(29)27-21-8-11-25-20(17-21)16-19-4-2-3-5-24(19)25/h2-11,17,23H,12-16H2,1H3,(H,27,29). The molecule has 2 aliphatic rings. The van der Waals surface area contributed by atoms with Crippen molar-refractivity contribution in [2.45, 2.75) is 25.4 Å². The Morgan fingerprint density at radius 1 is 0.933 bits per heavy atom. The van der Waals surface area contributed by atoms with Crippen LogP contribution in [0.25, 0.3) is 11.1 Å². The zero-order chi connectivity index (χ0) is 20.5. The molecule has 1 aliphatic heterocycles. The van der Waals surface area contributed by atoms with E-state index in [4.69, 9.17) is 4.74 Å². The number of methoxy groups -OCH3 is 1. The number of benzene rings is 3. The zero-order valence-electron chi connectivity index (χ0n) is 17.2. The minimum absolute atomic E-state index is 0.0740. The highest BCUT2D eigenvalue weighted by molar-refractivity contribution is 6.04. The van der Waals surface area contributed by atoms with Crippen LogP contribution in [-0.2, 0) is 11.2 Å². The summed E-state index contributed by atoms with van der Waals surface area (Å²) in [6, 6.07) is 22.6. The highest BCUT2D eigenvalue weighted by Crippen LogP contribution is 2.37. The van der Waals surface area contributed by atoms with Gasteiger partial charge in [-0.05, 0) is 77.9 Å². The van der Waals surface area contributed by atoms with Crippen LogP contribution in [0.5, 0.6) is 0 Å². The Balaban J connectivity index is 1.26. The highest BCUT2D eigenvalue weighted by atomic mass is 16.5. The number of fused-ring (bicyclic) bond motifs is 3. The molecule has 1 amide bonds. The molecule has 4 heteroatoms. The van der Waals surface area contributed by atoms with Crippen molar-refractivity contribution in [1.82, 2.24) is 0 Å². The van der Waals surface area contributed by atoms with Crippen LogP contribution in [0.3, 0.4) is 0 Å². The summed E-state index contributed by atoms with van der Waals surface area (Å²) in [7, 11) is 1.79. The van der Waals surface area contributed by atoms with Gasteiger partial charge in [-0.3, -0.25) is 4.79 Å². The molecule has 3 aromatic rings. The van der Waals surface area contributed by atoms with E-state index in [2.05, 4.69) is 46.6 Å². The molecular formula is C26H26N2O2. The van der Waals surface area contributed by atoms with Gasteiger partial charge in [0.1, 0.15) is 0 Å². The van der Waals surface area contributed by atoms with E-state index in [-0.39, 0.29) is 5.91 Å². The summed E-state index contributed by atoms with van der Waals surface area (Å²) in [6.07, 6.45) is 3.37. The molecule has 152 valence electrons. The van der Waals surface area contributed by atoms with Crippen LogP contribution in [0.15, 0.2) is 66.7 Å². The van der Waals surface area contributed by atoms with Gasteiger partial charge >= 0.3 is 0 Å². The van der Waals surface area contributed by atoms with E-state index < -0.39 is 0 Å². The molecule has 5 rings (SSSR count). The van der Waals surface area contributed by atoms with Crippen LogP contribution in [0.1, 0.15) is 34.3 Å². The molecule has 30 heavy (non-hydrogen) atoms. The van der Waals surface area contributed by atoms with Gasteiger partial charge in [-0.1, -0.05) is 30.3 Å². The molecule has 1 saturated heterocycles. The third-order valence-corrected chi connectivity index (χ3v) is 6.32. The normalized spacial score (nSPS) is 15.6. The predicted molar refractivity (Wildman–Crippen MR) is 121 cm³/mol. The van der Waals surface area contributed by atoms with Gasteiger partial charge in [-0.15, -0.1) is 0 Å². The molecule has 4 nitrogen and oxygen atoms in total. The summed E-state index contributed by atoms with van der Waals surface area (Å²) in [5.41, 5.74) is 7.87. The first-order valence-corrected chi connectivity index (χ1v) is 10.6. The first-order chi connectivity index (χ1) is 14.7. The van der Waals surface area contributed by atoms with Crippen molar-refractivity contribution in [2.24, 2.45) is 0 Å². The van der Waals surface area contributed by atoms with Gasteiger partial charge in [0.15, 0.2) is 0 Å². The van der Waals surface area contributed by atoms with Gasteiger partial charge < -0.3 is 15.0 Å². The Morgan fingerprint density at radius 3 is 2.43 bits per heavy atom. The van der Waals surface area contributed by atoms with Crippen molar-refractivity contribution in [3.8, 4) is 11.1 Å². The summed E-state index contributed by atoms with van der Waals surface area (Å²) in [4.78, 5) is 15.1. The summed E-state index contributed by atoms with van der Waals surface area (Å²) in [5.74, 6) is -0.0740. The van der Waals surface area contributed by atoms with E-state index in [1.165, 1.54) is 22.3 Å². The number of carbonyl (C=O) groups is 1.